The number of rotatable bonds is 3. The number of carbonyl (C=O) groups excluding carboxylic acids is 1. The van der Waals surface area contributed by atoms with Crippen LogP contribution in [0, 0.1) is 5.41 Å². The van der Waals surface area contributed by atoms with Gasteiger partial charge < -0.3 is 15.4 Å². The highest BCUT2D eigenvalue weighted by molar-refractivity contribution is 5.68. The smallest absolute Gasteiger partial charge is 0.407 e. The molecule has 0 spiro atoms. The van der Waals surface area contributed by atoms with Crippen LogP contribution in [0.3, 0.4) is 0 Å². The number of carbonyl (C=O) groups is 1. The summed E-state index contributed by atoms with van der Waals surface area (Å²) in [5.41, 5.74) is 0.0720. The van der Waals surface area contributed by atoms with E-state index in [1.54, 1.807) is 0 Å². The van der Waals surface area contributed by atoms with Crippen LogP contribution >= 0.6 is 0 Å². The third-order valence-corrected chi connectivity index (χ3v) is 5.01. The van der Waals surface area contributed by atoms with Crippen LogP contribution in [0.15, 0.2) is 0 Å². The first-order valence-corrected chi connectivity index (χ1v) is 8.90. The second kappa shape index (κ2) is 6.77. The Kier molecular flexibility index (Phi) is 5.41. The first-order valence-electron chi connectivity index (χ1n) is 8.90. The molecule has 2 saturated carbocycles. The van der Waals surface area contributed by atoms with E-state index in [0.717, 1.165) is 12.8 Å². The van der Waals surface area contributed by atoms with Crippen molar-refractivity contribution < 1.29 is 9.53 Å². The molecule has 0 aliphatic heterocycles. The summed E-state index contributed by atoms with van der Waals surface area (Å²) in [4.78, 5) is 12.0. The molecule has 0 heterocycles. The van der Waals surface area contributed by atoms with Gasteiger partial charge in [-0.15, -0.1) is 0 Å². The Labute approximate surface area is 135 Å². The zero-order chi connectivity index (χ0) is 16.4. The van der Waals surface area contributed by atoms with Gasteiger partial charge in [0.1, 0.15) is 5.60 Å². The predicted octanol–water partition coefficient (Wildman–Crippen LogP) is 3.99. The van der Waals surface area contributed by atoms with Gasteiger partial charge in [0, 0.05) is 18.1 Å². The van der Waals surface area contributed by atoms with Crippen LogP contribution in [0.1, 0.15) is 79.6 Å². The summed E-state index contributed by atoms with van der Waals surface area (Å²) in [6.45, 7) is 10.4. The molecule has 2 rings (SSSR count). The molecule has 22 heavy (non-hydrogen) atoms. The Morgan fingerprint density at radius 3 is 2.23 bits per heavy atom. The van der Waals surface area contributed by atoms with Gasteiger partial charge in [-0.05, 0) is 71.1 Å². The van der Waals surface area contributed by atoms with Crippen LogP contribution in [0.2, 0.25) is 0 Å². The van der Waals surface area contributed by atoms with Crippen molar-refractivity contribution in [3.63, 3.8) is 0 Å². The summed E-state index contributed by atoms with van der Waals surface area (Å²) in [5.74, 6) is 0. The fourth-order valence-corrected chi connectivity index (χ4v) is 3.66. The van der Waals surface area contributed by atoms with Crippen molar-refractivity contribution in [2.45, 2.75) is 103 Å². The molecule has 0 aromatic heterocycles. The minimum absolute atomic E-state index is 0.213. The van der Waals surface area contributed by atoms with Crippen LogP contribution in [0.25, 0.3) is 0 Å². The van der Waals surface area contributed by atoms with Gasteiger partial charge in [-0.1, -0.05) is 13.8 Å². The monoisotopic (exact) mass is 310 g/mol. The van der Waals surface area contributed by atoms with Crippen molar-refractivity contribution in [1.82, 2.24) is 10.6 Å². The third-order valence-electron chi connectivity index (χ3n) is 5.01. The highest BCUT2D eigenvalue weighted by Gasteiger charge is 2.33. The maximum atomic E-state index is 12.0. The number of nitrogens with one attached hydrogen (secondary N) is 2. The summed E-state index contributed by atoms with van der Waals surface area (Å²) >= 11 is 0. The van der Waals surface area contributed by atoms with Gasteiger partial charge in [0.25, 0.3) is 0 Å². The summed E-state index contributed by atoms with van der Waals surface area (Å²) in [5, 5.41) is 6.87. The summed E-state index contributed by atoms with van der Waals surface area (Å²) in [6.07, 6.45) is 8.19. The molecule has 4 heteroatoms. The first-order chi connectivity index (χ1) is 10.1. The molecule has 2 atom stereocenters. The van der Waals surface area contributed by atoms with E-state index in [2.05, 4.69) is 24.5 Å². The largest absolute Gasteiger partial charge is 0.444 e. The molecular weight excluding hydrogens is 276 g/mol. The van der Waals surface area contributed by atoms with E-state index in [4.69, 9.17) is 4.74 Å². The normalized spacial score (nSPS) is 29.3. The Balaban J connectivity index is 1.80. The summed E-state index contributed by atoms with van der Waals surface area (Å²) in [6, 6.07) is 1.22. The number of alkyl carbamates (subject to hydrolysis) is 1. The number of hydrogen-bond donors (Lipinski definition) is 2. The molecule has 1 amide bonds. The lowest BCUT2D eigenvalue weighted by atomic mass is 9.75. The maximum Gasteiger partial charge on any atom is 0.407 e. The number of hydrogen-bond acceptors (Lipinski definition) is 3. The SMILES string of the molecule is CC1(C)CCC(NC2CCCC2NC(=O)OC(C)(C)C)CC1. The lowest BCUT2D eigenvalue weighted by Crippen LogP contribution is -2.51. The maximum absolute atomic E-state index is 12.0. The molecule has 2 aliphatic rings. The lowest BCUT2D eigenvalue weighted by molar-refractivity contribution is 0.0495. The van der Waals surface area contributed by atoms with Gasteiger partial charge in [-0.25, -0.2) is 4.79 Å². The zero-order valence-corrected chi connectivity index (χ0v) is 15.0. The van der Waals surface area contributed by atoms with Gasteiger partial charge in [0.2, 0.25) is 0 Å². The average Bonchev–Trinajstić information content (AvgIpc) is 2.77. The van der Waals surface area contributed by atoms with Gasteiger partial charge in [-0.2, -0.15) is 0 Å². The van der Waals surface area contributed by atoms with Crippen molar-refractivity contribution in [2.75, 3.05) is 0 Å². The average molecular weight is 310 g/mol. The second-order valence-corrected chi connectivity index (χ2v) is 8.90. The van der Waals surface area contributed by atoms with Gasteiger partial charge in [0.05, 0.1) is 0 Å². The Bertz CT molecular complexity index is 377. The topological polar surface area (TPSA) is 50.4 Å². The third kappa shape index (κ3) is 5.45. The van der Waals surface area contributed by atoms with Gasteiger partial charge in [0.15, 0.2) is 0 Å². The second-order valence-electron chi connectivity index (χ2n) is 8.90. The van der Waals surface area contributed by atoms with Gasteiger partial charge >= 0.3 is 6.09 Å². The highest BCUT2D eigenvalue weighted by Crippen LogP contribution is 2.35. The minimum Gasteiger partial charge on any atom is -0.444 e. The molecule has 0 aromatic rings. The van der Waals surface area contributed by atoms with Crippen molar-refractivity contribution in [3.05, 3.63) is 0 Å². The minimum atomic E-state index is -0.430. The van der Waals surface area contributed by atoms with E-state index in [-0.39, 0.29) is 12.1 Å². The quantitative estimate of drug-likeness (QED) is 0.828. The fraction of sp³-hybridized carbons (Fsp3) is 0.944. The molecule has 2 aliphatic carbocycles. The molecular formula is C18H34N2O2. The lowest BCUT2D eigenvalue weighted by Gasteiger charge is -2.37. The molecule has 4 nitrogen and oxygen atoms in total. The van der Waals surface area contributed by atoms with Crippen molar-refractivity contribution in [3.8, 4) is 0 Å². The first kappa shape index (κ1) is 17.6. The van der Waals surface area contributed by atoms with Crippen LogP contribution in [-0.4, -0.2) is 29.8 Å². The Morgan fingerprint density at radius 2 is 1.64 bits per heavy atom. The highest BCUT2D eigenvalue weighted by atomic mass is 16.6. The van der Waals surface area contributed by atoms with Gasteiger partial charge in [-0.3, -0.25) is 0 Å². The molecule has 0 radical (unpaired) electrons. The molecule has 2 N–H and O–H groups in total. The van der Waals surface area contributed by atoms with Crippen molar-refractivity contribution in [1.29, 1.82) is 0 Å². The van der Waals surface area contributed by atoms with Crippen LogP contribution in [0.5, 0.6) is 0 Å². The predicted molar refractivity (Wildman–Crippen MR) is 90.0 cm³/mol. The Hall–Kier alpha value is -0.770. The fourth-order valence-electron chi connectivity index (χ4n) is 3.66. The van der Waals surface area contributed by atoms with E-state index >= 15 is 0 Å². The van der Waals surface area contributed by atoms with E-state index in [0.29, 0.717) is 17.5 Å². The van der Waals surface area contributed by atoms with Crippen LogP contribution in [-0.2, 0) is 4.74 Å². The standard InChI is InChI=1S/C18H34N2O2/c1-17(2,3)22-16(21)20-15-8-6-7-14(15)19-13-9-11-18(4,5)12-10-13/h13-15,19H,6-12H2,1-5H3,(H,20,21). The molecule has 2 unspecified atom stereocenters. The van der Waals surface area contributed by atoms with E-state index in [1.807, 2.05) is 20.8 Å². The summed E-state index contributed by atoms with van der Waals surface area (Å²) < 4.78 is 5.39. The van der Waals surface area contributed by atoms with E-state index in [9.17, 15) is 4.79 Å². The zero-order valence-electron chi connectivity index (χ0n) is 15.0. The molecule has 0 bridgehead atoms. The van der Waals surface area contributed by atoms with E-state index in [1.165, 1.54) is 32.1 Å². The van der Waals surface area contributed by atoms with E-state index < -0.39 is 5.60 Å². The summed E-state index contributed by atoms with van der Waals surface area (Å²) in [7, 11) is 0. The van der Waals surface area contributed by atoms with Crippen LogP contribution in [0.4, 0.5) is 4.79 Å². The van der Waals surface area contributed by atoms with Crippen molar-refractivity contribution in [2.24, 2.45) is 5.41 Å². The Morgan fingerprint density at radius 1 is 1.05 bits per heavy atom. The molecule has 128 valence electrons. The molecule has 2 fully saturated rings. The molecule has 0 saturated heterocycles. The number of ether oxygens (including phenoxy) is 1. The molecule has 0 aromatic carbocycles. The van der Waals surface area contributed by atoms with Crippen LogP contribution < -0.4 is 10.6 Å². The van der Waals surface area contributed by atoms with Crippen molar-refractivity contribution >= 4 is 6.09 Å². The number of amides is 1.